The molecule has 0 fully saturated rings. The van der Waals surface area contributed by atoms with Crippen LogP contribution in [0.15, 0.2) is 0 Å². The summed E-state index contributed by atoms with van der Waals surface area (Å²) in [6.07, 6.45) is 20.8. The highest BCUT2D eigenvalue weighted by Gasteiger charge is 2.19. The van der Waals surface area contributed by atoms with Gasteiger partial charge >= 0.3 is 5.97 Å². The molecule has 5 N–H and O–H groups in total. The summed E-state index contributed by atoms with van der Waals surface area (Å²) in [4.78, 5) is 10.3. The van der Waals surface area contributed by atoms with E-state index in [1.807, 2.05) is 6.92 Å². The van der Waals surface area contributed by atoms with Gasteiger partial charge in [0.05, 0.1) is 18.8 Å². The lowest BCUT2D eigenvalue weighted by Gasteiger charge is -2.21. The van der Waals surface area contributed by atoms with Crippen molar-refractivity contribution < 1.29 is 20.1 Å². The van der Waals surface area contributed by atoms with Crippen LogP contribution in [0.25, 0.3) is 0 Å². The molecular formula is C23H49NO4. The summed E-state index contributed by atoms with van der Waals surface area (Å²) >= 11 is 0. The Morgan fingerprint density at radius 2 is 1.00 bits per heavy atom. The van der Waals surface area contributed by atoms with E-state index >= 15 is 0 Å². The summed E-state index contributed by atoms with van der Waals surface area (Å²) < 4.78 is 0. The molecule has 0 rings (SSSR count). The number of aliphatic carboxylic acids is 1. The maximum Gasteiger partial charge on any atom is 0.303 e. The van der Waals surface area contributed by atoms with E-state index in [0.29, 0.717) is 12.8 Å². The standard InChI is InChI=1S/C18H36O2.C5H13NO2/c1-2-3-4-5-6-7-8-9-10-11-12-13-14-15-16-17-18(19)20;1-2-5(6,3-7)4-8/h2-17H2,1H3,(H,19,20);7-8H,2-4,6H2,1H3. The third-order valence-corrected chi connectivity index (χ3v) is 5.33. The molecule has 28 heavy (non-hydrogen) atoms. The number of carboxylic acid groups (broad SMARTS) is 1. The van der Waals surface area contributed by atoms with Gasteiger partial charge < -0.3 is 21.1 Å². The summed E-state index contributed by atoms with van der Waals surface area (Å²) in [5, 5.41) is 25.5. The molecular weight excluding hydrogens is 354 g/mol. The zero-order valence-electron chi connectivity index (χ0n) is 18.8. The van der Waals surface area contributed by atoms with Crippen molar-refractivity contribution in [2.24, 2.45) is 5.73 Å². The van der Waals surface area contributed by atoms with E-state index in [1.165, 1.54) is 83.5 Å². The molecule has 0 aliphatic rings. The molecule has 0 atom stereocenters. The average Bonchev–Trinajstić information content (AvgIpc) is 2.70. The molecule has 0 aromatic heterocycles. The van der Waals surface area contributed by atoms with E-state index in [2.05, 4.69) is 6.92 Å². The van der Waals surface area contributed by atoms with Crippen molar-refractivity contribution in [2.75, 3.05) is 13.2 Å². The van der Waals surface area contributed by atoms with Gasteiger partial charge in [-0.2, -0.15) is 0 Å². The first kappa shape index (κ1) is 29.6. The Balaban J connectivity index is 0. The van der Waals surface area contributed by atoms with E-state index in [1.54, 1.807) is 0 Å². The fourth-order valence-electron chi connectivity index (χ4n) is 2.92. The van der Waals surface area contributed by atoms with Crippen molar-refractivity contribution in [3.05, 3.63) is 0 Å². The topological polar surface area (TPSA) is 104 Å². The van der Waals surface area contributed by atoms with Crippen LogP contribution >= 0.6 is 0 Å². The van der Waals surface area contributed by atoms with Crippen LogP contribution in [0.4, 0.5) is 0 Å². The van der Waals surface area contributed by atoms with Gasteiger partial charge in [-0.05, 0) is 12.8 Å². The molecule has 0 aromatic rings. The molecule has 0 aliphatic carbocycles. The van der Waals surface area contributed by atoms with Gasteiger partial charge in [0, 0.05) is 6.42 Å². The second-order valence-corrected chi connectivity index (χ2v) is 8.13. The van der Waals surface area contributed by atoms with Crippen molar-refractivity contribution in [2.45, 2.75) is 129 Å². The van der Waals surface area contributed by atoms with Crippen LogP contribution in [0.5, 0.6) is 0 Å². The van der Waals surface area contributed by atoms with E-state index in [-0.39, 0.29) is 13.2 Å². The number of rotatable bonds is 19. The molecule has 5 heteroatoms. The molecule has 0 spiro atoms. The molecule has 0 unspecified atom stereocenters. The number of aliphatic hydroxyl groups excluding tert-OH is 2. The van der Waals surface area contributed by atoms with Gasteiger partial charge in [-0.25, -0.2) is 0 Å². The highest BCUT2D eigenvalue weighted by molar-refractivity contribution is 5.66. The predicted octanol–water partition coefficient (Wildman–Crippen LogP) is 5.41. The van der Waals surface area contributed by atoms with Gasteiger partial charge in [0.15, 0.2) is 0 Å². The molecule has 0 heterocycles. The summed E-state index contributed by atoms with van der Waals surface area (Å²) in [5.41, 5.74) is 4.63. The Labute approximate surface area is 174 Å². The van der Waals surface area contributed by atoms with Gasteiger partial charge in [0.25, 0.3) is 0 Å². The summed E-state index contributed by atoms with van der Waals surface area (Å²) in [6, 6.07) is 0. The third-order valence-electron chi connectivity index (χ3n) is 5.33. The maximum atomic E-state index is 10.3. The minimum absolute atomic E-state index is 0.153. The molecule has 0 saturated carbocycles. The van der Waals surface area contributed by atoms with Gasteiger partial charge in [-0.3, -0.25) is 4.79 Å². The number of unbranched alkanes of at least 4 members (excludes halogenated alkanes) is 14. The number of hydrogen-bond donors (Lipinski definition) is 4. The lowest BCUT2D eigenvalue weighted by Crippen LogP contribution is -2.46. The van der Waals surface area contributed by atoms with E-state index in [9.17, 15) is 4.79 Å². The fraction of sp³-hybridized carbons (Fsp3) is 0.957. The summed E-state index contributed by atoms with van der Waals surface area (Å²) in [6.45, 7) is 3.79. The molecule has 0 radical (unpaired) electrons. The Bertz CT molecular complexity index is 311. The van der Waals surface area contributed by atoms with Crippen LogP contribution in [0.3, 0.4) is 0 Å². The number of hydrogen-bond acceptors (Lipinski definition) is 4. The van der Waals surface area contributed by atoms with E-state index in [0.717, 1.165) is 12.8 Å². The van der Waals surface area contributed by atoms with Crippen molar-refractivity contribution in [3.63, 3.8) is 0 Å². The van der Waals surface area contributed by atoms with Gasteiger partial charge in [-0.15, -0.1) is 0 Å². The van der Waals surface area contributed by atoms with Crippen LogP contribution in [-0.4, -0.2) is 40.0 Å². The zero-order chi connectivity index (χ0) is 21.5. The number of aliphatic hydroxyl groups is 2. The highest BCUT2D eigenvalue weighted by atomic mass is 16.4. The lowest BCUT2D eigenvalue weighted by atomic mass is 10.0. The molecule has 0 amide bonds. The van der Waals surface area contributed by atoms with Crippen LogP contribution in [0.1, 0.15) is 123 Å². The number of nitrogens with two attached hydrogens (primary N) is 1. The SMILES string of the molecule is CCC(N)(CO)CO.CCCCCCCCCCCCCCCCCC(=O)O. The fourth-order valence-corrected chi connectivity index (χ4v) is 2.92. The first-order valence-corrected chi connectivity index (χ1v) is 11.7. The molecule has 5 nitrogen and oxygen atoms in total. The average molecular weight is 404 g/mol. The Morgan fingerprint density at radius 3 is 1.21 bits per heavy atom. The Kier molecular flexibility index (Phi) is 23.9. The normalized spacial score (nSPS) is 11.2. The molecule has 0 aliphatic heterocycles. The second-order valence-electron chi connectivity index (χ2n) is 8.13. The first-order chi connectivity index (χ1) is 13.5. The largest absolute Gasteiger partial charge is 0.481 e. The molecule has 0 bridgehead atoms. The monoisotopic (exact) mass is 403 g/mol. The van der Waals surface area contributed by atoms with E-state index in [4.69, 9.17) is 21.1 Å². The van der Waals surface area contributed by atoms with Gasteiger partial charge in [0.1, 0.15) is 0 Å². The molecule has 0 aromatic carbocycles. The minimum Gasteiger partial charge on any atom is -0.481 e. The van der Waals surface area contributed by atoms with Gasteiger partial charge in [-0.1, -0.05) is 104 Å². The first-order valence-electron chi connectivity index (χ1n) is 11.7. The van der Waals surface area contributed by atoms with Crippen molar-refractivity contribution in [3.8, 4) is 0 Å². The van der Waals surface area contributed by atoms with Crippen LogP contribution in [0.2, 0.25) is 0 Å². The summed E-state index contributed by atoms with van der Waals surface area (Å²) in [5.74, 6) is -0.653. The van der Waals surface area contributed by atoms with Crippen molar-refractivity contribution in [1.82, 2.24) is 0 Å². The van der Waals surface area contributed by atoms with Gasteiger partial charge in [0.2, 0.25) is 0 Å². The summed E-state index contributed by atoms with van der Waals surface area (Å²) in [7, 11) is 0. The van der Waals surface area contributed by atoms with Crippen molar-refractivity contribution in [1.29, 1.82) is 0 Å². The van der Waals surface area contributed by atoms with Crippen molar-refractivity contribution >= 4 is 5.97 Å². The van der Waals surface area contributed by atoms with Crippen LogP contribution in [0, 0.1) is 0 Å². The quantitative estimate of drug-likeness (QED) is 0.216. The Morgan fingerprint density at radius 1 is 0.679 bits per heavy atom. The lowest BCUT2D eigenvalue weighted by molar-refractivity contribution is -0.137. The molecule has 0 saturated heterocycles. The van der Waals surface area contributed by atoms with Crippen LogP contribution in [-0.2, 0) is 4.79 Å². The molecule has 170 valence electrons. The smallest absolute Gasteiger partial charge is 0.303 e. The third kappa shape index (κ3) is 23.4. The zero-order valence-corrected chi connectivity index (χ0v) is 18.8. The number of carboxylic acids is 1. The van der Waals surface area contributed by atoms with E-state index < -0.39 is 11.5 Å². The number of carbonyl (C=O) groups is 1. The Hall–Kier alpha value is -0.650. The second kappa shape index (κ2) is 22.6. The van der Waals surface area contributed by atoms with Crippen LogP contribution < -0.4 is 5.73 Å². The maximum absolute atomic E-state index is 10.3. The minimum atomic E-state index is -0.764. The predicted molar refractivity (Wildman–Crippen MR) is 119 cm³/mol. The highest BCUT2D eigenvalue weighted by Crippen LogP contribution is 2.13.